The van der Waals surface area contributed by atoms with E-state index < -0.39 is 0 Å². The molecule has 0 saturated heterocycles. The smallest absolute Gasteiger partial charge is 0.231 e. The first kappa shape index (κ1) is 16.7. The van der Waals surface area contributed by atoms with E-state index in [1.807, 2.05) is 49.4 Å². The Labute approximate surface area is 161 Å². The van der Waals surface area contributed by atoms with Crippen LogP contribution in [-0.2, 0) is 4.79 Å². The number of aromatic nitrogens is 2. The molecule has 2 aliphatic rings. The van der Waals surface area contributed by atoms with Crippen molar-refractivity contribution in [2.24, 2.45) is 0 Å². The number of anilines is 1. The van der Waals surface area contributed by atoms with Crippen molar-refractivity contribution >= 4 is 11.7 Å². The summed E-state index contributed by atoms with van der Waals surface area (Å²) in [5.41, 5.74) is 3.72. The van der Waals surface area contributed by atoms with Crippen molar-refractivity contribution in [1.29, 1.82) is 0 Å². The number of fused-ring (bicyclic) bond motifs is 2. The summed E-state index contributed by atoms with van der Waals surface area (Å²) in [7, 11) is 1.60. The molecular formula is C21H19N3O4. The molecule has 142 valence electrons. The Morgan fingerprint density at radius 3 is 2.82 bits per heavy atom. The number of carbonyl (C=O) groups excluding carboxylic acids is 1. The molecule has 0 saturated carbocycles. The second kappa shape index (κ2) is 6.30. The second-order valence-electron chi connectivity index (χ2n) is 6.86. The number of benzene rings is 2. The van der Waals surface area contributed by atoms with Crippen LogP contribution in [0.1, 0.15) is 29.2 Å². The van der Waals surface area contributed by atoms with Crippen molar-refractivity contribution in [3.8, 4) is 22.9 Å². The monoisotopic (exact) mass is 377 g/mol. The molecule has 1 atom stereocenters. The second-order valence-corrected chi connectivity index (χ2v) is 6.86. The summed E-state index contributed by atoms with van der Waals surface area (Å²) in [6, 6.07) is 13.6. The Morgan fingerprint density at radius 1 is 1.21 bits per heavy atom. The lowest BCUT2D eigenvalue weighted by Gasteiger charge is -2.25. The maximum atomic E-state index is 12.6. The zero-order valence-electron chi connectivity index (χ0n) is 15.6. The maximum Gasteiger partial charge on any atom is 0.231 e. The Morgan fingerprint density at radius 2 is 2.04 bits per heavy atom. The van der Waals surface area contributed by atoms with Gasteiger partial charge in [0.2, 0.25) is 18.4 Å². The maximum absolute atomic E-state index is 12.6. The molecule has 2 aliphatic heterocycles. The van der Waals surface area contributed by atoms with Gasteiger partial charge in [0.05, 0.1) is 18.5 Å². The molecule has 0 spiro atoms. The van der Waals surface area contributed by atoms with Crippen LogP contribution in [0.2, 0.25) is 0 Å². The third-order valence-corrected chi connectivity index (χ3v) is 5.19. The van der Waals surface area contributed by atoms with Crippen LogP contribution < -0.4 is 19.5 Å². The average molecular weight is 377 g/mol. The molecule has 28 heavy (non-hydrogen) atoms. The molecule has 0 radical (unpaired) electrons. The molecule has 7 nitrogen and oxygen atoms in total. The summed E-state index contributed by atoms with van der Waals surface area (Å²) in [5, 5.41) is 7.71. The highest BCUT2D eigenvalue weighted by molar-refractivity contribution is 5.95. The minimum absolute atomic E-state index is 0.0498. The normalized spacial score (nSPS) is 17.2. The van der Waals surface area contributed by atoms with Crippen molar-refractivity contribution in [2.75, 3.05) is 19.2 Å². The van der Waals surface area contributed by atoms with Gasteiger partial charge in [0, 0.05) is 17.9 Å². The SMILES string of the molecule is COc1cc(C2CC(=O)Nc3c2c(C)nn3-c2ccccc2)cc2c1OCO2. The topological polar surface area (TPSA) is 74.6 Å². The minimum Gasteiger partial charge on any atom is -0.493 e. The van der Waals surface area contributed by atoms with Gasteiger partial charge in [-0.2, -0.15) is 5.10 Å². The molecule has 5 rings (SSSR count). The summed E-state index contributed by atoms with van der Waals surface area (Å²) in [6.45, 7) is 2.13. The highest BCUT2D eigenvalue weighted by atomic mass is 16.7. The lowest BCUT2D eigenvalue weighted by molar-refractivity contribution is -0.116. The molecular weight excluding hydrogens is 358 g/mol. The van der Waals surface area contributed by atoms with Crippen LogP contribution in [0.5, 0.6) is 17.2 Å². The van der Waals surface area contributed by atoms with Crippen molar-refractivity contribution < 1.29 is 19.0 Å². The van der Waals surface area contributed by atoms with Gasteiger partial charge in [-0.3, -0.25) is 4.79 Å². The molecule has 0 bridgehead atoms. The standard InChI is InChI=1S/C21H19N3O4/c1-12-19-15(13-8-16(26-2)20-17(9-13)27-11-28-20)10-18(25)22-21(19)24(23-12)14-6-4-3-5-7-14/h3-9,15H,10-11H2,1-2H3,(H,22,25). The van der Waals surface area contributed by atoms with Gasteiger partial charge in [0.25, 0.3) is 0 Å². The van der Waals surface area contributed by atoms with E-state index in [4.69, 9.17) is 19.3 Å². The van der Waals surface area contributed by atoms with Gasteiger partial charge in [0.1, 0.15) is 5.82 Å². The number of amides is 1. The molecule has 1 N–H and O–H groups in total. The van der Waals surface area contributed by atoms with Gasteiger partial charge in [0.15, 0.2) is 11.5 Å². The van der Waals surface area contributed by atoms with Crippen LogP contribution in [-0.4, -0.2) is 29.6 Å². The molecule has 7 heteroatoms. The largest absolute Gasteiger partial charge is 0.493 e. The fraction of sp³-hybridized carbons (Fsp3) is 0.238. The predicted molar refractivity (Wildman–Crippen MR) is 103 cm³/mol. The van der Waals surface area contributed by atoms with E-state index in [1.165, 1.54) is 0 Å². The number of ether oxygens (including phenoxy) is 3. The van der Waals surface area contributed by atoms with Crippen LogP contribution in [0.3, 0.4) is 0 Å². The summed E-state index contributed by atoms with van der Waals surface area (Å²) in [5.74, 6) is 2.35. The van der Waals surface area contributed by atoms with Crippen molar-refractivity contribution in [3.63, 3.8) is 0 Å². The van der Waals surface area contributed by atoms with Gasteiger partial charge in [-0.25, -0.2) is 4.68 Å². The Balaban J connectivity index is 1.67. The number of methoxy groups -OCH3 is 1. The Kier molecular flexibility index (Phi) is 3.75. The summed E-state index contributed by atoms with van der Waals surface area (Å²) >= 11 is 0. The van der Waals surface area contributed by atoms with Gasteiger partial charge < -0.3 is 19.5 Å². The number of aryl methyl sites for hydroxylation is 1. The lowest BCUT2D eigenvalue weighted by Crippen LogP contribution is -2.25. The fourth-order valence-electron chi connectivity index (χ4n) is 3.94. The molecule has 1 aromatic heterocycles. The summed E-state index contributed by atoms with van der Waals surface area (Å²) in [6.07, 6.45) is 0.330. The highest BCUT2D eigenvalue weighted by Crippen LogP contribution is 2.47. The molecule has 3 heterocycles. The first-order chi connectivity index (χ1) is 13.7. The molecule has 3 aromatic rings. The lowest BCUT2D eigenvalue weighted by atomic mass is 9.85. The molecule has 0 fully saturated rings. The zero-order valence-corrected chi connectivity index (χ0v) is 15.6. The number of nitrogens with zero attached hydrogens (tertiary/aromatic N) is 2. The van der Waals surface area contributed by atoms with E-state index in [-0.39, 0.29) is 18.6 Å². The number of rotatable bonds is 3. The quantitative estimate of drug-likeness (QED) is 0.757. The highest BCUT2D eigenvalue weighted by Gasteiger charge is 2.34. The average Bonchev–Trinajstić information content (AvgIpc) is 3.32. The van der Waals surface area contributed by atoms with Crippen LogP contribution in [0.25, 0.3) is 5.69 Å². The van der Waals surface area contributed by atoms with Crippen LogP contribution >= 0.6 is 0 Å². The number of nitrogens with one attached hydrogen (secondary N) is 1. The number of hydrogen-bond acceptors (Lipinski definition) is 5. The van der Waals surface area contributed by atoms with E-state index in [1.54, 1.807) is 11.8 Å². The van der Waals surface area contributed by atoms with Crippen molar-refractivity contribution in [3.05, 3.63) is 59.3 Å². The third kappa shape index (κ3) is 2.51. The van der Waals surface area contributed by atoms with Crippen LogP contribution in [0, 0.1) is 6.92 Å². The molecule has 1 amide bonds. The third-order valence-electron chi connectivity index (χ3n) is 5.19. The van der Waals surface area contributed by atoms with E-state index >= 15 is 0 Å². The number of hydrogen-bond donors (Lipinski definition) is 1. The number of carbonyl (C=O) groups is 1. The van der Waals surface area contributed by atoms with Gasteiger partial charge in [-0.1, -0.05) is 18.2 Å². The fourth-order valence-corrected chi connectivity index (χ4v) is 3.94. The van der Waals surface area contributed by atoms with E-state index in [2.05, 4.69) is 5.32 Å². The molecule has 2 aromatic carbocycles. The first-order valence-electron chi connectivity index (χ1n) is 9.08. The van der Waals surface area contributed by atoms with Crippen LogP contribution in [0.4, 0.5) is 5.82 Å². The molecule has 0 aliphatic carbocycles. The summed E-state index contributed by atoms with van der Waals surface area (Å²) in [4.78, 5) is 12.6. The van der Waals surface area contributed by atoms with E-state index in [9.17, 15) is 4.79 Å². The number of para-hydroxylation sites is 1. The predicted octanol–water partition coefficient (Wildman–Crippen LogP) is 3.39. The van der Waals surface area contributed by atoms with Crippen molar-refractivity contribution in [2.45, 2.75) is 19.3 Å². The molecule has 1 unspecified atom stereocenters. The van der Waals surface area contributed by atoms with Gasteiger partial charge in [-0.15, -0.1) is 0 Å². The van der Waals surface area contributed by atoms with Crippen molar-refractivity contribution in [1.82, 2.24) is 9.78 Å². The van der Waals surface area contributed by atoms with E-state index in [0.717, 1.165) is 22.5 Å². The Bertz CT molecular complexity index is 1070. The Hall–Kier alpha value is -3.48. The first-order valence-corrected chi connectivity index (χ1v) is 9.08. The summed E-state index contributed by atoms with van der Waals surface area (Å²) < 4.78 is 18.3. The zero-order chi connectivity index (χ0) is 19.3. The van der Waals surface area contributed by atoms with Gasteiger partial charge in [-0.05, 0) is 36.8 Å². The van der Waals surface area contributed by atoms with Crippen LogP contribution in [0.15, 0.2) is 42.5 Å². The minimum atomic E-state index is -0.149. The van der Waals surface area contributed by atoms with E-state index in [0.29, 0.717) is 29.5 Å². The van der Waals surface area contributed by atoms with Gasteiger partial charge >= 0.3 is 0 Å².